The number of hydrogen-bond acceptors (Lipinski definition) is 3. The van der Waals surface area contributed by atoms with E-state index in [1.165, 1.54) is 17.0 Å². The lowest BCUT2D eigenvalue weighted by atomic mass is 10.2. The maximum absolute atomic E-state index is 13.0. The van der Waals surface area contributed by atoms with Crippen molar-refractivity contribution in [3.63, 3.8) is 0 Å². The van der Waals surface area contributed by atoms with Crippen molar-refractivity contribution >= 4 is 21.8 Å². The van der Waals surface area contributed by atoms with Crippen LogP contribution in [0, 0.1) is 5.82 Å². The molecule has 120 valence electrons. The van der Waals surface area contributed by atoms with Gasteiger partial charge in [0.15, 0.2) is 0 Å². The van der Waals surface area contributed by atoms with Gasteiger partial charge in [0.05, 0.1) is 4.61 Å². The highest BCUT2D eigenvalue weighted by atomic mass is 79.9. The quantitative estimate of drug-likeness (QED) is 0.565. The number of benzene rings is 1. The Hall–Kier alpha value is -1.66. The van der Waals surface area contributed by atoms with Gasteiger partial charge >= 0.3 is 0 Å². The van der Waals surface area contributed by atoms with E-state index in [1.54, 1.807) is 24.1 Å². The fourth-order valence-electron chi connectivity index (χ4n) is 1.85. The molecule has 0 aliphatic carbocycles. The van der Waals surface area contributed by atoms with E-state index in [0.29, 0.717) is 24.1 Å². The van der Waals surface area contributed by atoms with Crippen LogP contribution in [0.1, 0.15) is 12.0 Å². The van der Waals surface area contributed by atoms with E-state index in [-0.39, 0.29) is 24.0 Å². The van der Waals surface area contributed by atoms with Gasteiger partial charge in [-0.25, -0.2) is 4.39 Å². The summed E-state index contributed by atoms with van der Waals surface area (Å²) in [6, 6.07) is 6.02. The first kappa shape index (κ1) is 18.4. The molecule has 1 rings (SSSR count). The fourth-order valence-corrected chi connectivity index (χ4v) is 2.18. The van der Waals surface area contributed by atoms with Crippen LogP contribution in [-0.4, -0.2) is 41.0 Å². The zero-order valence-corrected chi connectivity index (χ0v) is 14.1. The van der Waals surface area contributed by atoms with Crippen molar-refractivity contribution < 1.29 is 14.3 Å². The zero-order chi connectivity index (χ0) is 16.7. The number of halogens is 2. The Morgan fingerprint density at radius 3 is 2.41 bits per heavy atom. The normalized spacial score (nSPS) is 10.2. The van der Waals surface area contributed by atoms with Crippen LogP contribution in [0.3, 0.4) is 0 Å². The summed E-state index contributed by atoms with van der Waals surface area (Å²) in [5, 5.41) is 8.83. The number of carbonyl (C=O) groups excluding carboxylic acids is 1. The van der Waals surface area contributed by atoms with Gasteiger partial charge in [0.1, 0.15) is 11.5 Å². The molecule has 4 nitrogen and oxygen atoms in total. The maximum atomic E-state index is 13.0. The molecule has 0 atom stereocenters. The summed E-state index contributed by atoms with van der Waals surface area (Å²) in [7, 11) is 1.65. The van der Waals surface area contributed by atoms with Crippen LogP contribution >= 0.6 is 15.9 Å². The summed E-state index contributed by atoms with van der Waals surface area (Å²) in [5.41, 5.74) is 1.08. The summed E-state index contributed by atoms with van der Waals surface area (Å²) in [6.45, 7) is 8.43. The van der Waals surface area contributed by atoms with Gasteiger partial charge in [-0.3, -0.25) is 4.79 Å². The van der Waals surface area contributed by atoms with Gasteiger partial charge in [-0.05, 0) is 40.0 Å². The number of amides is 1. The molecule has 0 aromatic heterocycles. The van der Waals surface area contributed by atoms with E-state index < -0.39 is 0 Å². The monoisotopic (exact) mass is 370 g/mol. The van der Waals surface area contributed by atoms with Crippen molar-refractivity contribution in [3.8, 4) is 0 Å². The smallest absolute Gasteiger partial charge is 0.269 e. The number of rotatable bonds is 8. The molecule has 1 aromatic carbocycles. The standard InChI is InChI=1S/C16H20BrFN2O2/c1-12(16(22)19(3)9-4-10-21)20(13(2)17)11-14-5-7-15(18)8-6-14/h5-8,21H,1-2,4,9-11H2,3H3. The fraction of sp³-hybridized carbons (Fsp3) is 0.312. The molecule has 0 aliphatic rings. The first-order valence-electron chi connectivity index (χ1n) is 6.78. The van der Waals surface area contributed by atoms with Crippen LogP contribution in [0.2, 0.25) is 0 Å². The van der Waals surface area contributed by atoms with Crippen molar-refractivity contribution in [3.05, 3.63) is 59.1 Å². The molecular weight excluding hydrogens is 351 g/mol. The number of hydrogen-bond donors (Lipinski definition) is 1. The Kier molecular flexibility index (Phi) is 7.27. The summed E-state index contributed by atoms with van der Waals surface area (Å²) in [5.74, 6) is -0.567. The average Bonchev–Trinajstić information content (AvgIpc) is 2.50. The highest BCUT2D eigenvalue weighted by molar-refractivity contribution is 9.11. The number of likely N-dealkylation sites (N-methyl/N-ethyl adjacent to an activating group) is 1. The summed E-state index contributed by atoms with van der Waals surface area (Å²) in [6.07, 6.45) is 0.503. The van der Waals surface area contributed by atoms with Gasteiger partial charge in [0, 0.05) is 26.7 Å². The molecule has 0 bridgehead atoms. The Bertz CT molecular complexity index is 546. The molecule has 1 aromatic rings. The van der Waals surface area contributed by atoms with Gasteiger partial charge in [0.2, 0.25) is 0 Å². The molecule has 0 saturated carbocycles. The molecule has 0 fully saturated rings. The van der Waals surface area contributed by atoms with Gasteiger partial charge in [-0.1, -0.05) is 25.3 Å². The lowest BCUT2D eigenvalue weighted by molar-refractivity contribution is -0.127. The van der Waals surface area contributed by atoms with E-state index in [9.17, 15) is 9.18 Å². The summed E-state index contributed by atoms with van der Waals surface area (Å²) >= 11 is 3.27. The SMILES string of the molecule is C=C(Br)N(Cc1ccc(F)cc1)C(=C)C(=O)N(C)CCCO. The van der Waals surface area contributed by atoms with E-state index in [4.69, 9.17) is 5.11 Å². The molecule has 6 heteroatoms. The second-order valence-corrected chi connectivity index (χ2v) is 5.75. The molecule has 0 spiro atoms. The number of carbonyl (C=O) groups is 1. The Morgan fingerprint density at radius 2 is 1.91 bits per heavy atom. The molecule has 0 saturated heterocycles. The Morgan fingerprint density at radius 1 is 1.32 bits per heavy atom. The number of aliphatic hydroxyl groups is 1. The minimum atomic E-state index is -0.313. The minimum Gasteiger partial charge on any atom is -0.396 e. The summed E-state index contributed by atoms with van der Waals surface area (Å²) < 4.78 is 13.4. The van der Waals surface area contributed by atoms with Crippen molar-refractivity contribution in [2.24, 2.45) is 0 Å². The second-order valence-electron chi connectivity index (χ2n) is 4.84. The molecule has 0 unspecified atom stereocenters. The third-order valence-electron chi connectivity index (χ3n) is 3.12. The van der Waals surface area contributed by atoms with Gasteiger partial charge in [0.25, 0.3) is 5.91 Å². The van der Waals surface area contributed by atoms with Crippen molar-refractivity contribution in [1.82, 2.24) is 9.80 Å². The van der Waals surface area contributed by atoms with Crippen molar-refractivity contribution in [2.75, 3.05) is 20.2 Å². The third kappa shape index (κ3) is 5.27. The lowest BCUT2D eigenvalue weighted by Crippen LogP contribution is -2.35. The predicted molar refractivity (Wildman–Crippen MR) is 88.5 cm³/mol. The molecule has 22 heavy (non-hydrogen) atoms. The van der Waals surface area contributed by atoms with Crippen LogP contribution in [0.5, 0.6) is 0 Å². The van der Waals surface area contributed by atoms with Gasteiger partial charge in [-0.15, -0.1) is 0 Å². The molecule has 0 radical (unpaired) electrons. The molecule has 1 N–H and O–H groups in total. The van der Waals surface area contributed by atoms with E-state index in [0.717, 1.165) is 5.56 Å². The largest absolute Gasteiger partial charge is 0.396 e. The number of nitrogens with zero attached hydrogens (tertiary/aromatic N) is 2. The molecule has 0 heterocycles. The van der Waals surface area contributed by atoms with Gasteiger partial charge in [-0.2, -0.15) is 0 Å². The predicted octanol–water partition coefficient (Wildman–Crippen LogP) is 2.85. The highest BCUT2D eigenvalue weighted by Gasteiger charge is 2.20. The second kappa shape index (κ2) is 8.70. The average molecular weight is 371 g/mol. The minimum absolute atomic E-state index is 0.0224. The molecular formula is C16H20BrFN2O2. The van der Waals surface area contributed by atoms with Crippen LogP contribution in [0.4, 0.5) is 4.39 Å². The zero-order valence-electron chi connectivity index (χ0n) is 12.6. The highest BCUT2D eigenvalue weighted by Crippen LogP contribution is 2.21. The van der Waals surface area contributed by atoms with E-state index >= 15 is 0 Å². The third-order valence-corrected chi connectivity index (χ3v) is 3.55. The van der Waals surface area contributed by atoms with Crippen LogP contribution in [0.15, 0.2) is 47.7 Å². The van der Waals surface area contributed by atoms with Crippen molar-refractivity contribution in [1.29, 1.82) is 0 Å². The van der Waals surface area contributed by atoms with Crippen molar-refractivity contribution in [2.45, 2.75) is 13.0 Å². The van der Waals surface area contributed by atoms with Gasteiger partial charge < -0.3 is 14.9 Å². The first-order valence-corrected chi connectivity index (χ1v) is 7.57. The molecule has 1 amide bonds. The van der Waals surface area contributed by atoms with Crippen LogP contribution < -0.4 is 0 Å². The van der Waals surface area contributed by atoms with E-state index in [2.05, 4.69) is 29.1 Å². The van der Waals surface area contributed by atoms with E-state index in [1.807, 2.05) is 0 Å². The Balaban J connectivity index is 2.81. The topological polar surface area (TPSA) is 43.8 Å². The van der Waals surface area contributed by atoms with Crippen LogP contribution in [-0.2, 0) is 11.3 Å². The maximum Gasteiger partial charge on any atom is 0.269 e. The first-order chi connectivity index (χ1) is 10.4. The van der Waals surface area contributed by atoms with Crippen LogP contribution in [0.25, 0.3) is 0 Å². The summed E-state index contributed by atoms with van der Waals surface area (Å²) in [4.78, 5) is 15.4. The lowest BCUT2D eigenvalue weighted by Gasteiger charge is -2.28. The Labute approximate surface area is 138 Å². The number of aliphatic hydroxyl groups excluding tert-OH is 1. The molecule has 0 aliphatic heterocycles.